The molecule has 0 fully saturated rings. The molecule has 36 heavy (non-hydrogen) atoms. The van der Waals surface area contributed by atoms with E-state index >= 15 is 0 Å². The van der Waals surface area contributed by atoms with Gasteiger partial charge in [-0.2, -0.15) is 0 Å². The number of ether oxygens (including phenoxy) is 2. The van der Waals surface area contributed by atoms with E-state index in [-0.39, 0.29) is 0 Å². The SMILES string of the molecule is COc1cnc2c(Oc3ccc(Nc4nnc(-c5ccccc5)c5ccccc45)cc3)ccnc2c1. The van der Waals surface area contributed by atoms with Gasteiger partial charge in [0.1, 0.15) is 22.7 Å². The summed E-state index contributed by atoms with van der Waals surface area (Å²) in [7, 11) is 1.60. The summed E-state index contributed by atoms with van der Waals surface area (Å²) < 4.78 is 11.3. The fourth-order valence-electron chi connectivity index (χ4n) is 4.06. The lowest BCUT2D eigenvalue weighted by molar-refractivity contribution is 0.413. The minimum atomic E-state index is 0.622. The lowest BCUT2D eigenvalue weighted by Gasteiger charge is -2.12. The van der Waals surface area contributed by atoms with Crippen LogP contribution >= 0.6 is 0 Å². The van der Waals surface area contributed by atoms with Gasteiger partial charge in [0.2, 0.25) is 0 Å². The first-order valence-corrected chi connectivity index (χ1v) is 11.4. The summed E-state index contributed by atoms with van der Waals surface area (Å²) in [6, 6.07) is 29.5. The fourth-order valence-corrected chi connectivity index (χ4v) is 4.06. The molecule has 0 radical (unpaired) electrons. The number of pyridine rings is 2. The van der Waals surface area contributed by atoms with E-state index in [0.717, 1.165) is 27.7 Å². The van der Waals surface area contributed by atoms with Crippen molar-refractivity contribution in [2.24, 2.45) is 0 Å². The van der Waals surface area contributed by atoms with E-state index in [1.807, 2.05) is 78.9 Å². The fraction of sp³-hybridized carbons (Fsp3) is 0.0345. The topological polar surface area (TPSA) is 82.0 Å². The third-order valence-corrected chi connectivity index (χ3v) is 5.83. The van der Waals surface area contributed by atoms with Crippen LogP contribution in [0.25, 0.3) is 33.1 Å². The molecule has 0 aliphatic heterocycles. The van der Waals surface area contributed by atoms with E-state index in [1.54, 1.807) is 25.6 Å². The molecular weight excluding hydrogens is 450 g/mol. The Labute approximate surface area is 207 Å². The van der Waals surface area contributed by atoms with E-state index in [1.165, 1.54) is 0 Å². The highest BCUT2D eigenvalue weighted by molar-refractivity contribution is 6.00. The van der Waals surface area contributed by atoms with Gasteiger partial charge < -0.3 is 14.8 Å². The number of aromatic nitrogens is 4. The van der Waals surface area contributed by atoms with Crippen LogP contribution < -0.4 is 14.8 Å². The Bertz CT molecular complexity index is 1670. The second kappa shape index (κ2) is 9.31. The predicted molar refractivity (Wildman–Crippen MR) is 141 cm³/mol. The Morgan fingerprint density at radius 2 is 1.50 bits per heavy atom. The van der Waals surface area contributed by atoms with E-state index in [4.69, 9.17) is 9.47 Å². The van der Waals surface area contributed by atoms with Crippen molar-refractivity contribution in [1.82, 2.24) is 20.2 Å². The van der Waals surface area contributed by atoms with Crippen LogP contribution in [0.1, 0.15) is 0 Å². The number of rotatable bonds is 6. The number of hydrogen-bond acceptors (Lipinski definition) is 7. The van der Waals surface area contributed by atoms with Crippen LogP contribution in [-0.4, -0.2) is 27.3 Å². The molecule has 0 saturated carbocycles. The molecule has 1 N–H and O–H groups in total. The summed E-state index contributed by atoms with van der Waals surface area (Å²) in [6.07, 6.45) is 3.34. The van der Waals surface area contributed by atoms with E-state index in [0.29, 0.717) is 34.1 Å². The van der Waals surface area contributed by atoms with Gasteiger partial charge in [-0.25, -0.2) is 4.98 Å². The Morgan fingerprint density at radius 3 is 2.31 bits per heavy atom. The Hall–Kier alpha value is -5.04. The van der Waals surface area contributed by atoms with Gasteiger partial charge in [-0.15, -0.1) is 10.2 Å². The van der Waals surface area contributed by atoms with Gasteiger partial charge in [0.05, 0.1) is 18.8 Å². The maximum absolute atomic E-state index is 6.11. The average Bonchev–Trinajstić information content (AvgIpc) is 2.94. The van der Waals surface area contributed by atoms with E-state index in [9.17, 15) is 0 Å². The Morgan fingerprint density at radius 1 is 0.722 bits per heavy atom. The van der Waals surface area contributed by atoms with Gasteiger partial charge >= 0.3 is 0 Å². The van der Waals surface area contributed by atoms with Gasteiger partial charge in [0.15, 0.2) is 11.6 Å². The highest BCUT2D eigenvalue weighted by atomic mass is 16.5. The molecule has 6 rings (SSSR count). The molecule has 0 aliphatic rings. The number of benzene rings is 3. The summed E-state index contributed by atoms with van der Waals surface area (Å²) in [6.45, 7) is 0. The predicted octanol–water partition coefficient (Wildman–Crippen LogP) is 6.78. The zero-order valence-corrected chi connectivity index (χ0v) is 19.4. The molecule has 0 amide bonds. The highest BCUT2D eigenvalue weighted by Crippen LogP contribution is 2.32. The molecule has 0 bridgehead atoms. The van der Waals surface area contributed by atoms with Crippen molar-refractivity contribution in [2.75, 3.05) is 12.4 Å². The number of nitrogens with one attached hydrogen (secondary N) is 1. The molecule has 6 aromatic rings. The molecule has 0 aliphatic carbocycles. The first-order chi connectivity index (χ1) is 17.8. The smallest absolute Gasteiger partial charge is 0.161 e. The van der Waals surface area contributed by atoms with Crippen LogP contribution in [-0.2, 0) is 0 Å². The molecule has 3 aromatic carbocycles. The number of methoxy groups -OCH3 is 1. The van der Waals surface area contributed by atoms with Crippen LogP contribution in [0, 0.1) is 0 Å². The lowest BCUT2D eigenvalue weighted by atomic mass is 10.0. The van der Waals surface area contributed by atoms with Gasteiger partial charge in [-0.05, 0) is 24.3 Å². The molecule has 7 heteroatoms. The molecule has 174 valence electrons. The van der Waals surface area contributed by atoms with Crippen molar-refractivity contribution in [3.8, 4) is 28.5 Å². The van der Waals surface area contributed by atoms with E-state index < -0.39 is 0 Å². The highest BCUT2D eigenvalue weighted by Gasteiger charge is 2.12. The number of anilines is 2. The van der Waals surface area contributed by atoms with Gasteiger partial charge in [0.25, 0.3) is 0 Å². The maximum atomic E-state index is 6.11. The summed E-state index contributed by atoms with van der Waals surface area (Å²) in [5.41, 5.74) is 4.13. The summed E-state index contributed by atoms with van der Waals surface area (Å²) >= 11 is 0. The first kappa shape index (κ1) is 21.5. The first-order valence-electron chi connectivity index (χ1n) is 11.4. The third kappa shape index (κ3) is 4.14. The van der Waals surface area contributed by atoms with Gasteiger partial charge in [-0.3, -0.25) is 4.98 Å². The lowest BCUT2D eigenvalue weighted by Crippen LogP contribution is -1.99. The van der Waals surface area contributed by atoms with Gasteiger partial charge in [0, 0.05) is 40.4 Å². The quantitative estimate of drug-likeness (QED) is 0.286. The molecule has 0 atom stereocenters. The molecule has 3 aromatic heterocycles. The second-order valence-electron chi connectivity index (χ2n) is 8.11. The molecule has 0 spiro atoms. The normalized spacial score (nSPS) is 10.9. The Kier molecular flexibility index (Phi) is 5.56. The van der Waals surface area contributed by atoms with E-state index in [2.05, 4.69) is 31.5 Å². The standard InChI is InChI=1S/C29H21N5O2/c1-35-22-17-25-28(31-18-22)26(15-16-30-25)36-21-13-11-20(12-14-21)32-29-24-10-6-5-9-23(24)27(33-34-29)19-7-3-2-4-8-19/h2-18H,1H3,(H,32,34). The van der Waals surface area contributed by atoms with Crippen LogP contribution in [0.3, 0.4) is 0 Å². The molecule has 0 saturated heterocycles. The van der Waals surface area contributed by atoms with Crippen LogP contribution in [0.5, 0.6) is 17.2 Å². The molecule has 7 nitrogen and oxygen atoms in total. The number of hydrogen-bond donors (Lipinski definition) is 1. The number of nitrogens with zero attached hydrogens (tertiary/aromatic N) is 4. The molecule has 0 unspecified atom stereocenters. The minimum Gasteiger partial charge on any atom is -0.495 e. The minimum absolute atomic E-state index is 0.622. The Balaban J connectivity index is 1.26. The maximum Gasteiger partial charge on any atom is 0.161 e. The van der Waals surface area contributed by atoms with Crippen LogP contribution in [0.15, 0.2) is 103 Å². The third-order valence-electron chi connectivity index (χ3n) is 5.83. The van der Waals surface area contributed by atoms with Crippen molar-refractivity contribution in [3.63, 3.8) is 0 Å². The van der Waals surface area contributed by atoms with Crippen molar-refractivity contribution < 1.29 is 9.47 Å². The molecule has 3 heterocycles. The summed E-state index contributed by atoms with van der Waals surface area (Å²) in [5.74, 6) is 2.64. The zero-order chi connectivity index (χ0) is 24.3. The zero-order valence-electron chi connectivity index (χ0n) is 19.4. The summed E-state index contributed by atoms with van der Waals surface area (Å²) in [4.78, 5) is 8.80. The van der Waals surface area contributed by atoms with Crippen LogP contribution in [0.4, 0.5) is 11.5 Å². The van der Waals surface area contributed by atoms with Crippen LogP contribution in [0.2, 0.25) is 0 Å². The largest absolute Gasteiger partial charge is 0.495 e. The van der Waals surface area contributed by atoms with Crippen molar-refractivity contribution in [3.05, 3.63) is 103 Å². The number of fused-ring (bicyclic) bond motifs is 2. The monoisotopic (exact) mass is 471 g/mol. The average molecular weight is 472 g/mol. The second-order valence-corrected chi connectivity index (χ2v) is 8.11. The van der Waals surface area contributed by atoms with Crippen molar-refractivity contribution >= 4 is 33.3 Å². The van der Waals surface area contributed by atoms with Gasteiger partial charge in [-0.1, -0.05) is 54.6 Å². The molecular formula is C29H21N5O2. The summed E-state index contributed by atoms with van der Waals surface area (Å²) in [5, 5.41) is 14.5. The van der Waals surface area contributed by atoms with Crippen molar-refractivity contribution in [2.45, 2.75) is 0 Å². The van der Waals surface area contributed by atoms with Crippen molar-refractivity contribution in [1.29, 1.82) is 0 Å².